The number of carbonyl (C=O) groups is 1. The molecule has 2 atom stereocenters. The summed E-state index contributed by atoms with van der Waals surface area (Å²) in [5.74, 6) is 0.784. The maximum absolute atomic E-state index is 12.8. The van der Waals surface area contributed by atoms with Crippen molar-refractivity contribution >= 4 is 22.2 Å². The molecule has 2 aliphatic rings. The smallest absolute Gasteiger partial charge is 0.256 e. The fourth-order valence-electron chi connectivity index (χ4n) is 4.07. The van der Waals surface area contributed by atoms with Crippen molar-refractivity contribution < 1.29 is 4.79 Å². The van der Waals surface area contributed by atoms with Crippen LogP contribution in [0.1, 0.15) is 66.1 Å². The van der Waals surface area contributed by atoms with Gasteiger partial charge in [-0.25, -0.2) is 0 Å². The third-order valence-electron chi connectivity index (χ3n) is 6.19. The van der Waals surface area contributed by atoms with Crippen LogP contribution in [-0.2, 0) is 12.8 Å². The second-order valence-corrected chi connectivity index (χ2v) is 9.06. The van der Waals surface area contributed by atoms with Gasteiger partial charge in [0.2, 0.25) is 0 Å². The number of nitrogens with one attached hydrogen (secondary N) is 2. The molecule has 2 aromatic rings. The molecule has 1 aliphatic carbocycles. The van der Waals surface area contributed by atoms with Gasteiger partial charge in [0.25, 0.3) is 5.91 Å². The molecule has 0 radical (unpaired) electrons. The topological polar surface area (TPSA) is 41.1 Å². The van der Waals surface area contributed by atoms with Gasteiger partial charge in [-0.15, -0.1) is 11.3 Å². The molecular formula is C21H26N2OS. The van der Waals surface area contributed by atoms with Gasteiger partial charge >= 0.3 is 0 Å². The molecule has 4 rings (SSSR count). The molecule has 2 N–H and O–H groups in total. The number of amides is 1. The monoisotopic (exact) mass is 354 g/mol. The summed E-state index contributed by atoms with van der Waals surface area (Å²) in [5.41, 5.74) is 3.65. The second kappa shape index (κ2) is 6.17. The number of anilines is 1. The number of hydrogen-bond acceptors (Lipinski definition) is 3. The molecule has 3 nitrogen and oxygen atoms in total. The lowest BCUT2D eigenvalue weighted by atomic mass is 9.69. The average molecular weight is 355 g/mol. The lowest BCUT2D eigenvalue weighted by Gasteiger charge is -2.36. The minimum atomic E-state index is -0.135. The molecule has 132 valence electrons. The van der Waals surface area contributed by atoms with Gasteiger partial charge in [0, 0.05) is 4.88 Å². The standard InChI is InChI=1S/C21H26N2OS/c1-4-21(2,3)14-10-11-15-16(12-14)25-20-17(15)19(24)22-18(23-20)13-8-6-5-7-9-13/h5-9,14,18,23H,4,10-12H2,1-3H3,(H,22,24)/t14-,18+/m1/s1. The Bertz CT molecular complexity index is 794. The zero-order valence-electron chi connectivity index (χ0n) is 15.2. The molecule has 2 heterocycles. The van der Waals surface area contributed by atoms with Crippen molar-refractivity contribution in [1.29, 1.82) is 0 Å². The van der Waals surface area contributed by atoms with Crippen molar-refractivity contribution in [3.05, 3.63) is 51.9 Å². The fraction of sp³-hybridized carbons (Fsp3) is 0.476. The maximum atomic E-state index is 12.8. The molecule has 4 heteroatoms. The molecule has 0 bridgehead atoms. The quantitative estimate of drug-likeness (QED) is 0.801. The van der Waals surface area contributed by atoms with Crippen LogP contribution in [0.5, 0.6) is 0 Å². The number of hydrogen-bond donors (Lipinski definition) is 2. The van der Waals surface area contributed by atoms with E-state index < -0.39 is 0 Å². The summed E-state index contributed by atoms with van der Waals surface area (Å²) in [6.45, 7) is 7.05. The van der Waals surface area contributed by atoms with Gasteiger partial charge in [-0.1, -0.05) is 57.5 Å². The SMILES string of the molecule is CCC(C)(C)[C@@H]1CCc2c(sc3c2C(=O)N[C@H](c2ccccc2)N3)C1. The summed E-state index contributed by atoms with van der Waals surface area (Å²) in [6, 6.07) is 10.1. The molecule has 0 saturated heterocycles. The van der Waals surface area contributed by atoms with Gasteiger partial charge in [0.05, 0.1) is 5.56 Å². The summed E-state index contributed by atoms with van der Waals surface area (Å²) >= 11 is 1.80. The molecule has 1 aromatic carbocycles. The Kier molecular flexibility index (Phi) is 4.11. The number of rotatable bonds is 3. The van der Waals surface area contributed by atoms with E-state index in [-0.39, 0.29) is 12.1 Å². The minimum absolute atomic E-state index is 0.0771. The predicted octanol–water partition coefficient (Wildman–Crippen LogP) is 5.14. The van der Waals surface area contributed by atoms with Crippen molar-refractivity contribution in [2.75, 3.05) is 5.32 Å². The second-order valence-electron chi connectivity index (χ2n) is 7.95. The van der Waals surface area contributed by atoms with Crippen molar-refractivity contribution in [2.24, 2.45) is 11.3 Å². The lowest BCUT2D eigenvalue weighted by Crippen LogP contribution is -2.38. The van der Waals surface area contributed by atoms with Gasteiger partial charge in [-0.2, -0.15) is 0 Å². The highest BCUT2D eigenvalue weighted by Gasteiger charge is 2.37. The van der Waals surface area contributed by atoms with E-state index in [0.717, 1.165) is 29.0 Å². The molecule has 0 saturated carbocycles. The Morgan fingerprint density at radius 3 is 2.68 bits per heavy atom. The van der Waals surface area contributed by atoms with Gasteiger partial charge in [0.1, 0.15) is 11.2 Å². The number of carbonyl (C=O) groups excluding carboxylic acids is 1. The Hall–Kier alpha value is -1.81. The Morgan fingerprint density at radius 2 is 1.96 bits per heavy atom. The van der Waals surface area contributed by atoms with E-state index in [0.29, 0.717) is 11.3 Å². The van der Waals surface area contributed by atoms with E-state index in [9.17, 15) is 4.79 Å². The van der Waals surface area contributed by atoms with Crippen LogP contribution >= 0.6 is 11.3 Å². The molecular weight excluding hydrogens is 328 g/mol. The van der Waals surface area contributed by atoms with E-state index >= 15 is 0 Å². The van der Waals surface area contributed by atoms with Crippen molar-refractivity contribution in [1.82, 2.24) is 5.32 Å². The van der Waals surface area contributed by atoms with Gasteiger partial charge in [0.15, 0.2) is 0 Å². The number of benzene rings is 1. The highest BCUT2D eigenvalue weighted by molar-refractivity contribution is 7.16. The van der Waals surface area contributed by atoms with Crippen LogP contribution in [-0.4, -0.2) is 5.91 Å². The third kappa shape index (κ3) is 2.86. The number of fused-ring (bicyclic) bond motifs is 3. The molecule has 0 fully saturated rings. The molecule has 1 amide bonds. The van der Waals surface area contributed by atoms with Crippen molar-refractivity contribution in [2.45, 2.75) is 52.6 Å². The maximum Gasteiger partial charge on any atom is 0.256 e. The van der Waals surface area contributed by atoms with Crippen LogP contribution in [0.15, 0.2) is 30.3 Å². The molecule has 0 spiro atoms. The van der Waals surface area contributed by atoms with E-state index in [4.69, 9.17) is 0 Å². The van der Waals surface area contributed by atoms with Gasteiger partial charge < -0.3 is 10.6 Å². The number of thiophene rings is 1. The summed E-state index contributed by atoms with van der Waals surface area (Å²) in [4.78, 5) is 14.2. The van der Waals surface area contributed by atoms with Crippen molar-refractivity contribution in [3.8, 4) is 0 Å². The first-order valence-electron chi connectivity index (χ1n) is 9.26. The van der Waals surface area contributed by atoms with Crippen molar-refractivity contribution in [3.63, 3.8) is 0 Å². The predicted molar refractivity (Wildman–Crippen MR) is 104 cm³/mol. The fourth-order valence-corrected chi connectivity index (χ4v) is 5.42. The summed E-state index contributed by atoms with van der Waals surface area (Å²) < 4.78 is 0. The van der Waals surface area contributed by atoms with E-state index in [1.54, 1.807) is 11.3 Å². The first kappa shape index (κ1) is 16.6. The summed E-state index contributed by atoms with van der Waals surface area (Å²) in [6.07, 6.45) is 4.39. The first-order valence-corrected chi connectivity index (χ1v) is 10.1. The van der Waals surface area contributed by atoms with Crippen LogP contribution in [0.25, 0.3) is 0 Å². The lowest BCUT2D eigenvalue weighted by molar-refractivity contribution is 0.0934. The zero-order valence-corrected chi connectivity index (χ0v) is 16.0. The van der Waals surface area contributed by atoms with Crippen LogP contribution in [0.3, 0.4) is 0 Å². The van der Waals surface area contributed by atoms with E-state index in [2.05, 4.69) is 43.5 Å². The summed E-state index contributed by atoms with van der Waals surface area (Å²) in [5, 5.41) is 7.74. The average Bonchev–Trinajstić information content (AvgIpc) is 3.00. The van der Waals surface area contributed by atoms with E-state index in [1.165, 1.54) is 23.3 Å². The van der Waals surface area contributed by atoms with Gasteiger partial charge in [-0.05, 0) is 41.7 Å². The highest BCUT2D eigenvalue weighted by Crippen LogP contribution is 2.46. The van der Waals surface area contributed by atoms with Crippen LogP contribution < -0.4 is 10.6 Å². The van der Waals surface area contributed by atoms with Crippen LogP contribution in [0.2, 0.25) is 0 Å². The molecule has 25 heavy (non-hydrogen) atoms. The Balaban J connectivity index is 1.64. The van der Waals surface area contributed by atoms with Gasteiger partial charge in [-0.3, -0.25) is 4.79 Å². The van der Waals surface area contributed by atoms with Crippen LogP contribution in [0, 0.1) is 11.3 Å². The molecule has 1 aliphatic heterocycles. The Morgan fingerprint density at radius 1 is 1.20 bits per heavy atom. The van der Waals surface area contributed by atoms with E-state index in [1.807, 2.05) is 18.2 Å². The largest absolute Gasteiger partial charge is 0.353 e. The minimum Gasteiger partial charge on any atom is -0.353 e. The third-order valence-corrected chi connectivity index (χ3v) is 7.38. The molecule has 1 aromatic heterocycles. The summed E-state index contributed by atoms with van der Waals surface area (Å²) in [7, 11) is 0. The zero-order chi connectivity index (χ0) is 17.6. The highest BCUT2D eigenvalue weighted by atomic mass is 32.1. The first-order chi connectivity index (χ1) is 12.0. The Labute approximate surface area is 153 Å². The van der Waals surface area contributed by atoms with Crippen LogP contribution in [0.4, 0.5) is 5.00 Å². The normalized spacial score (nSPS) is 22.6. The molecule has 0 unspecified atom stereocenters.